The normalized spacial score (nSPS) is 11.0. The first-order valence-corrected chi connectivity index (χ1v) is 11.7. The molecule has 7 heteroatoms. The third-order valence-electron chi connectivity index (χ3n) is 5.90. The number of anilines is 1. The lowest BCUT2D eigenvalue weighted by molar-refractivity contribution is -0.118. The van der Waals surface area contributed by atoms with Crippen molar-refractivity contribution in [1.29, 1.82) is 0 Å². The maximum Gasteiger partial charge on any atom is 0.336 e. The summed E-state index contributed by atoms with van der Waals surface area (Å²) in [6.07, 6.45) is 3.55. The molecule has 0 bridgehead atoms. The van der Waals surface area contributed by atoms with Gasteiger partial charge in [0.1, 0.15) is 0 Å². The summed E-state index contributed by atoms with van der Waals surface area (Å²) >= 11 is 0. The number of nitrogens with one attached hydrogen (secondary N) is 1. The standard InChI is InChI=1S/C30H28N2O5/c1-18-13-19(2)29(20(3)14-18)32-28(33)17-37-26-12-10-21(15-27(26)36-4)9-11-22-16-24(30(34)35)23-7-5-6-8-25(23)31-22/h5-16H,17H2,1-4H3,(H,32,33)(H,34,35)/b11-9+. The van der Waals surface area contributed by atoms with Gasteiger partial charge < -0.3 is 19.9 Å². The quantitative estimate of drug-likeness (QED) is 0.308. The summed E-state index contributed by atoms with van der Waals surface area (Å²) in [6.45, 7) is 5.77. The number of amides is 1. The minimum Gasteiger partial charge on any atom is -0.493 e. The van der Waals surface area contributed by atoms with E-state index < -0.39 is 5.97 Å². The van der Waals surface area contributed by atoms with Gasteiger partial charge in [-0.1, -0.05) is 48.0 Å². The summed E-state index contributed by atoms with van der Waals surface area (Å²) in [7, 11) is 1.53. The molecule has 4 rings (SSSR count). The molecule has 0 atom stereocenters. The Morgan fingerprint density at radius 2 is 1.68 bits per heavy atom. The third-order valence-corrected chi connectivity index (χ3v) is 5.90. The highest BCUT2D eigenvalue weighted by molar-refractivity contribution is 6.03. The Balaban J connectivity index is 1.48. The molecule has 0 unspecified atom stereocenters. The van der Waals surface area contributed by atoms with Gasteiger partial charge in [0.25, 0.3) is 5.91 Å². The fourth-order valence-electron chi connectivity index (χ4n) is 4.24. The van der Waals surface area contributed by atoms with E-state index >= 15 is 0 Å². The zero-order chi connectivity index (χ0) is 26.5. The van der Waals surface area contributed by atoms with Crippen molar-refractivity contribution in [3.63, 3.8) is 0 Å². The number of para-hydroxylation sites is 1. The molecule has 37 heavy (non-hydrogen) atoms. The van der Waals surface area contributed by atoms with Crippen molar-refractivity contribution in [1.82, 2.24) is 4.98 Å². The van der Waals surface area contributed by atoms with Gasteiger partial charge in [-0.25, -0.2) is 9.78 Å². The predicted octanol–water partition coefficient (Wildman–Crippen LogP) is 6.05. The van der Waals surface area contributed by atoms with Crippen LogP contribution < -0.4 is 14.8 Å². The molecule has 4 aromatic rings. The van der Waals surface area contributed by atoms with E-state index in [1.807, 2.05) is 51.1 Å². The topological polar surface area (TPSA) is 97.8 Å². The molecule has 0 aliphatic rings. The Morgan fingerprint density at radius 3 is 2.38 bits per heavy atom. The van der Waals surface area contributed by atoms with Gasteiger partial charge in [-0.3, -0.25) is 4.79 Å². The van der Waals surface area contributed by atoms with Gasteiger partial charge in [0.2, 0.25) is 0 Å². The number of fused-ring (bicyclic) bond motifs is 1. The van der Waals surface area contributed by atoms with Gasteiger partial charge in [-0.2, -0.15) is 0 Å². The number of aromatic carboxylic acids is 1. The first-order valence-electron chi connectivity index (χ1n) is 11.7. The number of carbonyl (C=O) groups excluding carboxylic acids is 1. The van der Waals surface area contributed by atoms with Crippen LogP contribution >= 0.6 is 0 Å². The number of hydrogen-bond acceptors (Lipinski definition) is 5. The lowest BCUT2D eigenvalue weighted by Gasteiger charge is -2.14. The molecule has 188 valence electrons. The van der Waals surface area contributed by atoms with Gasteiger partial charge in [0, 0.05) is 11.1 Å². The molecule has 0 aliphatic carbocycles. The van der Waals surface area contributed by atoms with Crippen LogP contribution in [0.1, 0.15) is 38.3 Å². The van der Waals surface area contributed by atoms with E-state index in [4.69, 9.17) is 9.47 Å². The number of carboxylic acids is 1. The molecule has 0 saturated carbocycles. The largest absolute Gasteiger partial charge is 0.493 e. The number of aryl methyl sites for hydroxylation is 3. The predicted molar refractivity (Wildman–Crippen MR) is 145 cm³/mol. The highest BCUT2D eigenvalue weighted by Gasteiger charge is 2.13. The molecule has 0 radical (unpaired) electrons. The average Bonchev–Trinajstić information content (AvgIpc) is 2.87. The van der Waals surface area contributed by atoms with Crippen molar-refractivity contribution in [2.75, 3.05) is 19.0 Å². The second kappa shape index (κ2) is 11.0. The van der Waals surface area contributed by atoms with Crippen molar-refractivity contribution >= 4 is 40.6 Å². The third kappa shape index (κ3) is 5.95. The van der Waals surface area contributed by atoms with E-state index in [1.165, 1.54) is 7.11 Å². The summed E-state index contributed by atoms with van der Waals surface area (Å²) < 4.78 is 11.2. The van der Waals surface area contributed by atoms with E-state index in [1.54, 1.807) is 42.5 Å². The Hall–Kier alpha value is -4.65. The molecule has 0 spiro atoms. The summed E-state index contributed by atoms with van der Waals surface area (Å²) in [4.78, 5) is 28.8. The Bertz CT molecular complexity index is 1500. The zero-order valence-corrected chi connectivity index (χ0v) is 21.2. The Morgan fingerprint density at radius 1 is 0.946 bits per heavy atom. The van der Waals surface area contributed by atoms with Crippen LogP contribution in [0.25, 0.3) is 23.1 Å². The van der Waals surface area contributed by atoms with Gasteiger partial charge in [-0.15, -0.1) is 0 Å². The molecule has 7 nitrogen and oxygen atoms in total. The molecule has 0 fully saturated rings. The van der Waals surface area contributed by atoms with Gasteiger partial charge in [-0.05, 0) is 67.8 Å². The first kappa shape index (κ1) is 25.4. The Kier molecular flexibility index (Phi) is 7.53. The molecule has 0 saturated heterocycles. The van der Waals surface area contributed by atoms with Crippen molar-refractivity contribution in [2.45, 2.75) is 20.8 Å². The molecule has 0 aliphatic heterocycles. The minimum atomic E-state index is -1.01. The van der Waals surface area contributed by atoms with E-state index in [-0.39, 0.29) is 18.1 Å². The van der Waals surface area contributed by atoms with Crippen LogP contribution in [0.15, 0.2) is 60.7 Å². The number of nitrogens with zero attached hydrogens (tertiary/aromatic N) is 1. The number of benzene rings is 3. The van der Waals surface area contributed by atoms with E-state index in [0.717, 1.165) is 27.9 Å². The number of ether oxygens (including phenoxy) is 2. The van der Waals surface area contributed by atoms with Gasteiger partial charge >= 0.3 is 5.97 Å². The molecule has 1 heterocycles. The number of methoxy groups -OCH3 is 1. The summed E-state index contributed by atoms with van der Waals surface area (Å²) in [5.74, 6) is -0.370. The SMILES string of the molecule is COc1cc(/C=C/c2cc(C(=O)O)c3ccccc3n2)ccc1OCC(=O)Nc1c(C)cc(C)cc1C. The van der Waals surface area contributed by atoms with Crippen molar-refractivity contribution in [2.24, 2.45) is 0 Å². The minimum absolute atomic E-state index is 0.169. The number of hydrogen-bond donors (Lipinski definition) is 2. The van der Waals surface area contributed by atoms with Crippen molar-refractivity contribution < 1.29 is 24.2 Å². The molecule has 1 amide bonds. The fraction of sp³-hybridized carbons (Fsp3) is 0.167. The smallest absolute Gasteiger partial charge is 0.336 e. The summed E-state index contributed by atoms with van der Waals surface area (Å²) in [5.41, 5.74) is 6.05. The van der Waals surface area contributed by atoms with Crippen LogP contribution in [-0.4, -0.2) is 35.7 Å². The molecule has 1 aromatic heterocycles. The number of rotatable bonds is 8. The second-order valence-electron chi connectivity index (χ2n) is 8.77. The first-order chi connectivity index (χ1) is 17.7. The zero-order valence-electron chi connectivity index (χ0n) is 21.2. The highest BCUT2D eigenvalue weighted by Crippen LogP contribution is 2.29. The highest BCUT2D eigenvalue weighted by atomic mass is 16.5. The van der Waals surface area contributed by atoms with E-state index in [0.29, 0.717) is 28.1 Å². The number of carboxylic acid groups (broad SMARTS) is 1. The second-order valence-corrected chi connectivity index (χ2v) is 8.77. The van der Waals surface area contributed by atoms with Gasteiger partial charge in [0.05, 0.1) is 23.9 Å². The number of carbonyl (C=O) groups is 2. The monoisotopic (exact) mass is 496 g/mol. The lowest BCUT2D eigenvalue weighted by Crippen LogP contribution is -2.21. The van der Waals surface area contributed by atoms with Crippen LogP contribution in [0.2, 0.25) is 0 Å². The summed E-state index contributed by atoms with van der Waals surface area (Å²) in [6, 6.07) is 18.0. The number of pyridine rings is 1. The van der Waals surface area contributed by atoms with E-state index in [9.17, 15) is 14.7 Å². The van der Waals surface area contributed by atoms with Crippen LogP contribution in [0.5, 0.6) is 11.5 Å². The average molecular weight is 497 g/mol. The maximum atomic E-state index is 12.5. The van der Waals surface area contributed by atoms with E-state index in [2.05, 4.69) is 10.3 Å². The van der Waals surface area contributed by atoms with Crippen molar-refractivity contribution in [3.8, 4) is 11.5 Å². The van der Waals surface area contributed by atoms with Crippen LogP contribution in [0.3, 0.4) is 0 Å². The lowest BCUT2D eigenvalue weighted by atomic mass is 10.1. The van der Waals surface area contributed by atoms with Crippen LogP contribution in [0.4, 0.5) is 5.69 Å². The van der Waals surface area contributed by atoms with Crippen LogP contribution in [0, 0.1) is 20.8 Å². The van der Waals surface area contributed by atoms with Crippen molar-refractivity contribution in [3.05, 3.63) is 94.2 Å². The maximum absolute atomic E-state index is 12.5. The Labute approximate surface area is 215 Å². The molecule has 2 N–H and O–H groups in total. The fourth-order valence-corrected chi connectivity index (χ4v) is 4.24. The molecular weight excluding hydrogens is 468 g/mol. The van der Waals surface area contributed by atoms with Crippen LogP contribution in [-0.2, 0) is 4.79 Å². The van der Waals surface area contributed by atoms with Gasteiger partial charge in [0.15, 0.2) is 18.1 Å². The summed E-state index contributed by atoms with van der Waals surface area (Å²) in [5, 5.41) is 13.1. The molecular formula is C30H28N2O5. The molecule has 3 aromatic carbocycles. The number of aromatic nitrogens is 1.